The lowest BCUT2D eigenvalue weighted by Gasteiger charge is -2.14. The number of carbonyl (C=O) groups excluding carboxylic acids is 3. The molecule has 4 amide bonds. The molecule has 0 spiro atoms. The van der Waals surface area contributed by atoms with Gasteiger partial charge in [-0.1, -0.05) is 54.1 Å². The highest BCUT2D eigenvalue weighted by molar-refractivity contribution is 6.33. The minimum absolute atomic E-state index is 0.0191. The molecule has 0 aliphatic rings. The average molecular weight is 390 g/mol. The van der Waals surface area contributed by atoms with Crippen molar-refractivity contribution >= 4 is 35.1 Å². The Bertz CT molecular complexity index is 799. The summed E-state index contributed by atoms with van der Waals surface area (Å²) >= 11 is 5.99. The molecular weight excluding hydrogens is 368 g/mol. The fourth-order valence-electron chi connectivity index (χ4n) is 2.36. The van der Waals surface area contributed by atoms with Gasteiger partial charge >= 0.3 is 6.03 Å². The molecule has 0 bridgehead atoms. The Labute approximate surface area is 162 Å². The summed E-state index contributed by atoms with van der Waals surface area (Å²) in [6, 6.07) is 15.7. The first-order valence-corrected chi connectivity index (χ1v) is 8.79. The van der Waals surface area contributed by atoms with Crippen LogP contribution in [0.1, 0.15) is 5.56 Å². The highest BCUT2D eigenvalue weighted by Crippen LogP contribution is 2.19. The van der Waals surface area contributed by atoms with Crippen LogP contribution < -0.4 is 20.9 Å². The van der Waals surface area contributed by atoms with Gasteiger partial charge in [0.25, 0.3) is 11.8 Å². The zero-order valence-corrected chi connectivity index (χ0v) is 15.7. The van der Waals surface area contributed by atoms with Crippen LogP contribution in [0.5, 0.6) is 0 Å². The van der Waals surface area contributed by atoms with Crippen LogP contribution in [0.15, 0.2) is 54.6 Å². The standard InChI is InChI=1S/C19H21ClN4O3/c1-24(12-17(25)22-16-10-6-5-9-15(16)20)13-18(26)23-19(27)21-11-14-7-3-2-4-8-14/h2-10H,11-13H2,1H3,(H,22,25)(H2,21,23,26,27)/p+1. The van der Waals surface area contributed by atoms with Gasteiger partial charge in [-0.3, -0.25) is 14.9 Å². The molecule has 1 unspecified atom stereocenters. The first-order valence-electron chi connectivity index (χ1n) is 8.41. The Hall–Kier alpha value is -2.90. The molecule has 7 nitrogen and oxygen atoms in total. The number of hydrogen-bond acceptors (Lipinski definition) is 3. The maximum Gasteiger partial charge on any atom is 0.321 e. The molecule has 4 N–H and O–H groups in total. The number of amides is 4. The molecule has 142 valence electrons. The van der Waals surface area contributed by atoms with Crippen LogP contribution >= 0.6 is 11.6 Å². The van der Waals surface area contributed by atoms with Gasteiger partial charge in [0.1, 0.15) is 0 Å². The summed E-state index contributed by atoms with van der Waals surface area (Å²) < 4.78 is 0. The largest absolute Gasteiger partial charge is 0.334 e. The van der Waals surface area contributed by atoms with E-state index in [0.29, 0.717) is 22.2 Å². The number of anilines is 1. The van der Waals surface area contributed by atoms with Crippen molar-refractivity contribution in [1.82, 2.24) is 10.6 Å². The fraction of sp³-hybridized carbons (Fsp3) is 0.211. The number of imide groups is 1. The maximum atomic E-state index is 12.0. The number of para-hydroxylation sites is 1. The van der Waals surface area contributed by atoms with Crippen LogP contribution in [-0.2, 0) is 16.1 Å². The zero-order chi connectivity index (χ0) is 19.6. The third-order valence-corrected chi connectivity index (χ3v) is 3.95. The number of likely N-dealkylation sites (N-methyl/N-ethyl adjacent to an activating group) is 1. The molecule has 0 saturated heterocycles. The molecule has 2 aromatic carbocycles. The van der Waals surface area contributed by atoms with Crippen molar-refractivity contribution in [2.45, 2.75) is 6.54 Å². The summed E-state index contributed by atoms with van der Waals surface area (Å²) in [7, 11) is 1.69. The number of rotatable bonds is 7. The molecule has 0 aliphatic carbocycles. The molecule has 2 aromatic rings. The van der Waals surface area contributed by atoms with Crippen molar-refractivity contribution in [3.05, 3.63) is 65.2 Å². The molecule has 1 atom stereocenters. The second kappa shape index (κ2) is 10.3. The molecule has 27 heavy (non-hydrogen) atoms. The number of quaternary nitrogens is 1. The Balaban J connectivity index is 1.70. The summed E-state index contributed by atoms with van der Waals surface area (Å²) in [6.07, 6.45) is 0. The van der Waals surface area contributed by atoms with E-state index in [-0.39, 0.29) is 19.0 Å². The number of hydrogen-bond donors (Lipinski definition) is 4. The molecule has 2 rings (SSSR count). The van der Waals surface area contributed by atoms with Gasteiger partial charge in [0.15, 0.2) is 13.1 Å². The van der Waals surface area contributed by atoms with Gasteiger partial charge < -0.3 is 15.5 Å². The first kappa shape index (κ1) is 20.4. The molecule has 0 aromatic heterocycles. The minimum Gasteiger partial charge on any atom is -0.334 e. The fourth-order valence-corrected chi connectivity index (χ4v) is 2.54. The molecular formula is C19H22ClN4O3+. The third-order valence-electron chi connectivity index (χ3n) is 3.62. The van der Waals surface area contributed by atoms with E-state index < -0.39 is 11.9 Å². The smallest absolute Gasteiger partial charge is 0.321 e. The number of halogens is 1. The van der Waals surface area contributed by atoms with E-state index in [4.69, 9.17) is 11.6 Å². The normalized spacial score (nSPS) is 11.3. The number of urea groups is 1. The Kier molecular flexibility index (Phi) is 7.79. The maximum absolute atomic E-state index is 12.0. The average Bonchev–Trinajstić information content (AvgIpc) is 2.62. The lowest BCUT2D eigenvalue weighted by molar-refractivity contribution is -0.862. The first-order chi connectivity index (χ1) is 12.9. The quantitative estimate of drug-likeness (QED) is 0.565. The summed E-state index contributed by atoms with van der Waals surface area (Å²) in [4.78, 5) is 36.4. The van der Waals surface area contributed by atoms with E-state index in [1.54, 1.807) is 31.3 Å². The minimum atomic E-state index is -0.572. The Morgan fingerprint density at radius 2 is 1.56 bits per heavy atom. The SMILES string of the molecule is C[NH+](CC(=O)NC(=O)NCc1ccccc1)CC(=O)Nc1ccccc1Cl. The van der Waals surface area contributed by atoms with Crippen LogP contribution in [0.4, 0.5) is 10.5 Å². The molecule has 0 heterocycles. The summed E-state index contributed by atoms with van der Waals surface area (Å²) in [5.41, 5.74) is 1.45. The van der Waals surface area contributed by atoms with E-state index in [2.05, 4.69) is 16.0 Å². The van der Waals surface area contributed by atoms with Crippen LogP contribution in [0, 0.1) is 0 Å². The summed E-state index contributed by atoms with van der Waals surface area (Å²) in [5.74, 6) is -0.745. The van der Waals surface area contributed by atoms with Crippen molar-refractivity contribution in [2.75, 3.05) is 25.5 Å². The second-order valence-corrected chi connectivity index (χ2v) is 6.46. The number of nitrogens with one attached hydrogen (secondary N) is 4. The van der Waals surface area contributed by atoms with Crippen molar-refractivity contribution in [2.24, 2.45) is 0 Å². The van der Waals surface area contributed by atoms with Gasteiger partial charge in [0, 0.05) is 6.54 Å². The molecule has 0 radical (unpaired) electrons. The zero-order valence-electron chi connectivity index (χ0n) is 14.9. The van der Waals surface area contributed by atoms with Gasteiger partial charge in [-0.15, -0.1) is 0 Å². The second-order valence-electron chi connectivity index (χ2n) is 6.06. The predicted molar refractivity (Wildman–Crippen MR) is 104 cm³/mol. The van der Waals surface area contributed by atoms with Crippen LogP contribution in [0.2, 0.25) is 5.02 Å². The lowest BCUT2D eigenvalue weighted by atomic mass is 10.2. The topological polar surface area (TPSA) is 91.7 Å². The van der Waals surface area contributed by atoms with Gasteiger partial charge in [-0.2, -0.15) is 0 Å². The van der Waals surface area contributed by atoms with Crippen LogP contribution in [-0.4, -0.2) is 38.0 Å². The highest BCUT2D eigenvalue weighted by Gasteiger charge is 2.16. The van der Waals surface area contributed by atoms with E-state index in [1.807, 2.05) is 30.3 Å². The van der Waals surface area contributed by atoms with Gasteiger partial charge in [-0.05, 0) is 17.7 Å². The van der Waals surface area contributed by atoms with Crippen LogP contribution in [0.25, 0.3) is 0 Å². The summed E-state index contributed by atoms with van der Waals surface area (Å²) in [5, 5.41) is 7.99. The Morgan fingerprint density at radius 3 is 2.26 bits per heavy atom. The van der Waals surface area contributed by atoms with Crippen molar-refractivity contribution in [3.63, 3.8) is 0 Å². The number of carbonyl (C=O) groups is 3. The van der Waals surface area contributed by atoms with Gasteiger partial charge in [-0.25, -0.2) is 4.79 Å². The lowest BCUT2D eigenvalue weighted by Crippen LogP contribution is -3.11. The van der Waals surface area contributed by atoms with Crippen molar-refractivity contribution in [1.29, 1.82) is 0 Å². The Morgan fingerprint density at radius 1 is 0.926 bits per heavy atom. The van der Waals surface area contributed by atoms with Gasteiger partial charge in [0.05, 0.1) is 17.8 Å². The number of benzene rings is 2. The molecule has 0 fully saturated rings. The molecule has 0 saturated carbocycles. The molecule has 8 heteroatoms. The summed E-state index contributed by atoms with van der Waals surface area (Å²) in [6.45, 7) is 0.363. The van der Waals surface area contributed by atoms with Gasteiger partial charge in [0.2, 0.25) is 0 Å². The molecule has 0 aliphatic heterocycles. The van der Waals surface area contributed by atoms with Crippen molar-refractivity contribution in [3.8, 4) is 0 Å². The van der Waals surface area contributed by atoms with Crippen molar-refractivity contribution < 1.29 is 19.3 Å². The predicted octanol–water partition coefficient (Wildman–Crippen LogP) is 0.819. The van der Waals surface area contributed by atoms with E-state index in [1.165, 1.54) is 0 Å². The van der Waals surface area contributed by atoms with Crippen LogP contribution in [0.3, 0.4) is 0 Å². The third kappa shape index (κ3) is 7.47. The van der Waals surface area contributed by atoms with E-state index >= 15 is 0 Å². The monoisotopic (exact) mass is 389 g/mol. The van der Waals surface area contributed by atoms with E-state index in [9.17, 15) is 14.4 Å². The van der Waals surface area contributed by atoms with E-state index in [0.717, 1.165) is 5.56 Å². The highest BCUT2D eigenvalue weighted by atomic mass is 35.5.